The fourth-order valence-corrected chi connectivity index (χ4v) is 3.73. The molecule has 132 valence electrons. The molecular weight excluding hydrogens is 358 g/mol. The van der Waals surface area contributed by atoms with Crippen LogP contribution in [0.25, 0.3) is 0 Å². The fraction of sp³-hybridized carbons (Fsp3) is 0.158. The molecule has 7 heteroatoms. The molecule has 0 N–H and O–H groups in total. The monoisotopic (exact) mass is 372 g/mol. The van der Waals surface area contributed by atoms with Crippen molar-refractivity contribution >= 4 is 22.9 Å². The summed E-state index contributed by atoms with van der Waals surface area (Å²) in [7, 11) is 0. The van der Waals surface area contributed by atoms with Crippen LogP contribution in [0.15, 0.2) is 48.5 Å². The molecular formula is C19H14F2N2O2S. The Morgan fingerprint density at radius 1 is 1.15 bits per heavy atom. The highest BCUT2D eigenvalue weighted by Crippen LogP contribution is 2.33. The van der Waals surface area contributed by atoms with E-state index in [4.69, 9.17) is 4.74 Å². The fourth-order valence-electron chi connectivity index (χ4n) is 2.82. The van der Waals surface area contributed by atoms with Crippen molar-refractivity contribution in [3.8, 4) is 5.19 Å². The lowest BCUT2D eigenvalue weighted by Crippen LogP contribution is -2.37. The molecule has 0 saturated heterocycles. The Bertz CT molecular complexity index is 959. The van der Waals surface area contributed by atoms with Crippen molar-refractivity contribution in [1.29, 1.82) is 0 Å². The Labute approximate surface area is 152 Å². The Hall–Kier alpha value is -2.80. The zero-order chi connectivity index (χ0) is 18.1. The molecule has 26 heavy (non-hydrogen) atoms. The number of anilines is 1. The van der Waals surface area contributed by atoms with Crippen molar-refractivity contribution in [3.05, 3.63) is 76.3 Å². The number of carbonyl (C=O) groups excluding carboxylic acids is 1. The first-order valence-electron chi connectivity index (χ1n) is 8.05. The third-order valence-corrected chi connectivity index (χ3v) is 5.09. The van der Waals surface area contributed by atoms with Crippen LogP contribution in [-0.2, 0) is 13.0 Å². The van der Waals surface area contributed by atoms with Crippen molar-refractivity contribution < 1.29 is 18.3 Å². The molecule has 0 aliphatic carbocycles. The minimum absolute atomic E-state index is 0.0715. The third kappa shape index (κ3) is 3.17. The molecule has 0 spiro atoms. The van der Waals surface area contributed by atoms with Crippen LogP contribution in [0.4, 0.5) is 14.5 Å². The van der Waals surface area contributed by atoms with Gasteiger partial charge in [-0.25, -0.2) is 13.8 Å². The van der Waals surface area contributed by atoms with Gasteiger partial charge in [0.05, 0.1) is 11.4 Å². The molecule has 0 bridgehead atoms. The lowest BCUT2D eigenvalue weighted by atomic mass is 10.1. The van der Waals surface area contributed by atoms with Gasteiger partial charge in [0, 0.05) is 19.0 Å². The van der Waals surface area contributed by atoms with Gasteiger partial charge in [-0.2, -0.15) is 0 Å². The van der Waals surface area contributed by atoms with Gasteiger partial charge in [-0.3, -0.25) is 4.79 Å². The standard InChI is InChI=1S/C19H14F2N2O2S/c20-13-6-7-16(14(21)10-13)23-9-8-15-17(18(23)24)26-19(22-15)25-11-12-4-2-1-3-5-12/h1-7,10H,8-9,11H2. The number of halogens is 2. The number of carbonyl (C=O) groups is 1. The Kier molecular flexibility index (Phi) is 4.38. The number of thiazole rings is 1. The van der Waals surface area contributed by atoms with E-state index in [1.807, 2.05) is 30.3 Å². The van der Waals surface area contributed by atoms with E-state index in [-0.39, 0.29) is 18.1 Å². The van der Waals surface area contributed by atoms with Crippen molar-refractivity contribution in [2.45, 2.75) is 13.0 Å². The topological polar surface area (TPSA) is 42.4 Å². The third-order valence-electron chi connectivity index (χ3n) is 4.09. The number of hydrogen-bond acceptors (Lipinski definition) is 4. The predicted octanol–water partition coefficient (Wildman–Crippen LogP) is 4.20. The highest BCUT2D eigenvalue weighted by Gasteiger charge is 2.31. The average Bonchev–Trinajstić information content (AvgIpc) is 3.06. The van der Waals surface area contributed by atoms with E-state index in [1.165, 1.54) is 11.0 Å². The van der Waals surface area contributed by atoms with E-state index in [1.54, 1.807) is 0 Å². The number of hydrogen-bond donors (Lipinski definition) is 0. The summed E-state index contributed by atoms with van der Waals surface area (Å²) >= 11 is 1.15. The van der Waals surface area contributed by atoms with Crippen LogP contribution in [0.5, 0.6) is 5.19 Å². The smallest absolute Gasteiger partial charge is 0.274 e. The summed E-state index contributed by atoms with van der Waals surface area (Å²) in [5.41, 5.74) is 1.73. The lowest BCUT2D eigenvalue weighted by molar-refractivity contribution is 0.0983. The number of rotatable bonds is 4. The largest absolute Gasteiger partial charge is 0.465 e. The minimum Gasteiger partial charge on any atom is -0.465 e. The first-order chi connectivity index (χ1) is 12.6. The van der Waals surface area contributed by atoms with Gasteiger partial charge in [0.25, 0.3) is 11.1 Å². The molecule has 1 aliphatic rings. The van der Waals surface area contributed by atoms with E-state index in [9.17, 15) is 13.6 Å². The maximum absolute atomic E-state index is 14.0. The quantitative estimate of drug-likeness (QED) is 0.689. The van der Waals surface area contributed by atoms with Gasteiger partial charge in [0.2, 0.25) is 0 Å². The molecule has 1 aromatic heterocycles. The van der Waals surface area contributed by atoms with Crippen LogP contribution in [0.2, 0.25) is 0 Å². The molecule has 3 aromatic rings. The molecule has 0 fully saturated rings. The molecule has 2 heterocycles. The molecule has 0 radical (unpaired) electrons. The van der Waals surface area contributed by atoms with E-state index in [0.29, 0.717) is 28.8 Å². The van der Waals surface area contributed by atoms with Crippen LogP contribution < -0.4 is 9.64 Å². The van der Waals surface area contributed by atoms with E-state index < -0.39 is 11.6 Å². The first-order valence-corrected chi connectivity index (χ1v) is 8.87. The summed E-state index contributed by atoms with van der Waals surface area (Å²) in [5, 5.41) is 0.411. The maximum Gasteiger partial charge on any atom is 0.274 e. The van der Waals surface area contributed by atoms with Crippen molar-refractivity contribution in [3.63, 3.8) is 0 Å². The van der Waals surface area contributed by atoms with Gasteiger partial charge in [-0.1, -0.05) is 41.7 Å². The van der Waals surface area contributed by atoms with Crippen LogP contribution in [0.1, 0.15) is 20.9 Å². The number of aromatic nitrogens is 1. The van der Waals surface area contributed by atoms with Gasteiger partial charge >= 0.3 is 0 Å². The van der Waals surface area contributed by atoms with Crippen LogP contribution in [-0.4, -0.2) is 17.4 Å². The average molecular weight is 372 g/mol. The highest BCUT2D eigenvalue weighted by molar-refractivity contribution is 7.15. The summed E-state index contributed by atoms with van der Waals surface area (Å²) in [6.45, 7) is 0.647. The SMILES string of the molecule is O=C1c2sc(OCc3ccccc3)nc2CCN1c1ccc(F)cc1F. The summed E-state index contributed by atoms with van der Waals surface area (Å²) in [5.74, 6) is -1.78. The highest BCUT2D eigenvalue weighted by atomic mass is 32.1. The van der Waals surface area contributed by atoms with Gasteiger partial charge in [0.15, 0.2) is 0 Å². The molecule has 0 atom stereocenters. The molecule has 0 saturated carbocycles. The van der Waals surface area contributed by atoms with E-state index in [2.05, 4.69) is 4.98 Å². The number of benzene rings is 2. The molecule has 2 aromatic carbocycles. The molecule has 0 unspecified atom stereocenters. The molecule has 4 nitrogen and oxygen atoms in total. The first kappa shape index (κ1) is 16.7. The van der Waals surface area contributed by atoms with Crippen LogP contribution >= 0.6 is 11.3 Å². The summed E-state index contributed by atoms with van der Waals surface area (Å²) in [6, 6.07) is 12.8. The minimum atomic E-state index is -0.758. The van der Waals surface area contributed by atoms with Crippen LogP contribution in [0.3, 0.4) is 0 Å². The maximum atomic E-state index is 14.0. The Morgan fingerprint density at radius 3 is 2.73 bits per heavy atom. The van der Waals surface area contributed by atoms with Crippen LogP contribution in [0, 0.1) is 11.6 Å². The number of ether oxygens (including phenoxy) is 1. The molecule has 1 amide bonds. The predicted molar refractivity (Wildman–Crippen MR) is 94.6 cm³/mol. The van der Waals surface area contributed by atoms with Crippen molar-refractivity contribution in [1.82, 2.24) is 4.98 Å². The second-order valence-electron chi connectivity index (χ2n) is 5.83. The number of fused-ring (bicyclic) bond motifs is 1. The number of amides is 1. The van der Waals surface area contributed by atoms with Crippen molar-refractivity contribution in [2.24, 2.45) is 0 Å². The zero-order valence-corrected chi connectivity index (χ0v) is 14.4. The Morgan fingerprint density at radius 2 is 1.96 bits per heavy atom. The summed E-state index contributed by atoms with van der Waals surface area (Å²) in [6.07, 6.45) is 0.489. The lowest BCUT2D eigenvalue weighted by Gasteiger charge is -2.26. The van der Waals surface area contributed by atoms with E-state index >= 15 is 0 Å². The Balaban J connectivity index is 1.54. The van der Waals surface area contributed by atoms with Gasteiger partial charge in [-0.15, -0.1) is 0 Å². The summed E-state index contributed by atoms with van der Waals surface area (Å²) in [4.78, 5) is 18.8. The summed E-state index contributed by atoms with van der Waals surface area (Å²) < 4.78 is 32.8. The second-order valence-corrected chi connectivity index (χ2v) is 6.79. The van der Waals surface area contributed by atoms with Crippen molar-refractivity contribution in [2.75, 3.05) is 11.4 Å². The second kappa shape index (κ2) is 6.84. The zero-order valence-electron chi connectivity index (χ0n) is 13.6. The molecule has 1 aliphatic heterocycles. The normalized spacial score (nSPS) is 13.6. The van der Waals surface area contributed by atoms with Gasteiger partial charge < -0.3 is 9.64 Å². The van der Waals surface area contributed by atoms with E-state index in [0.717, 1.165) is 29.0 Å². The van der Waals surface area contributed by atoms with Gasteiger partial charge in [-0.05, 0) is 17.7 Å². The van der Waals surface area contributed by atoms with Gasteiger partial charge in [0.1, 0.15) is 23.1 Å². The molecule has 4 rings (SSSR count). The number of nitrogens with zero attached hydrogens (tertiary/aromatic N) is 2.